The van der Waals surface area contributed by atoms with Gasteiger partial charge in [-0.15, -0.1) is 6.42 Å². The minimum absolute atomic E-state index is 0.0300. The van der Waals surface area contributed by atoms with Crippen LogP contribution >= 0.6 is 0 Å². The Balaban J connectivity index is 2.22. The number of imide groups is 1. The summed E-state index contributed by atoms with van der Waals surface area (Å²) in [6.07, 6.45) is 8.26. The Morgan fingerprint density at radius 2 is 1.78 bits per heavy atom. The molecule has 0 spiro atoms. The van der Waals surface area contributed by atoms with E-state index in [0.29, 0.717) is 5.92 Å². The van der Waals surface area contributed by atoms with Gasteiger partial charge in [-0.05, 0) is 24.7 Å². The van der Waals surface area contributed by atoms with Crippen LogP contribution in [0, 0.1) is 36.0 Å². The highest BCUT2D eigenvalue weighted by molar-refractivity contribution is 6.06. The number of rotatable bonds is 3. The normalized spacial score (nSPS) is 32.8. The molecule has 2 rings (SSSR count). The predicted octanol–water partition coefficient (Wildman–Crippen LogP) is 2.07. The fourth-order valence-electron chi connectivity index (χ4n) is 3.33. The molecular weight excluding hydrogens is 226 g/mol. The van der Waals surface area contributed by atoms with Crippen LogP contribution in [0.4, 0.5) is 0 Å². The zero-order chi connectivity index (χ0) is 13.4. The molecule has 2 aliphatic rings. The van der Waals surface area contributed by atoms with Gasteiger partial charge in [-0.2, -0.15) is 0 Å². The number of likely N-dealkylation sites (tertiary alicyclic amines) is 1. The van der Waals surface area contributed by atoms with Crippen molar-refractivity contribution in [1.29, 1.82) is 0 Å². The van der Waals surface area contributed by atoms with Crippen LogP contribution in [0.15, 0.2) is 0 Å². The summed E-state index contributed by atoms with van der Waals surface area (Å²) in [4.78, 5) is 26.1. The van der Waals surface area contributed by atoms with Crippen molar-refractivity contribution in [3.63, 3.8) is 0 Å². The van der Waals surface area contributed by atoms with Crippen molar-refractivity contribution >= 4 is 11.8 Å². The summed E-state index contributed by atoms with van der Waals surface area (Å²) in [6.45, 7) is 6.03. The van der Waals surface area contributed by atoms with Gasteiger partial charge >= 0.3 is 0 Å². The van der Waals surface area contributed by atoms with E-state index in [1.807, 2.05) is 13.8 Å². The number of carbonyl (C=O) groups excluding carboxylic acids is 2. The van der Waals surface area contributed by atoms with E-state index in [1.165, 1.54) is 4.90 Å². The van der Waals surface area contributed by atoms with E-state index in [2.05, 4.69) is 12.8 Å². The van der Waals surface area contributed by atoms with Crippen LogP contribution in [0.3, 0.4) is 0 Å². The average molecular weight is 247 g/mol. The molecule has 0 bridgehead atoms. The molecule has 0 N–H and O–H groups in total. The molecular formula is C15H21NO2. The Labute approximate surface area is 109 Å². The van der Waals surface area contributed by atoms with Crippen LogP contribution in [0.1, 0.15) is 40.0 Å². The van der Waals surface area contributed by atoms with E-state index < -0.39 is 0 Å². The molecule has 1 aliphatic heterocycles. The highest BCUT2D eigenvalue weighted by Crippen LogP contribution is 2.45. The second kappa shape index (κ2) is 4.76. The number of carbonyl (C=O) groups is 2. The molecule has 0 aromatic rings. The SMILES string of the molecule is C#CC(C(C)C)N1C(=O)C2CC(CC)CC2C1=O. The molecule has 1 saturated heterocycles. The topological polar surface area (TPSA) is 37.4 Å². The van der Waals surface area contributed by atoms with Crippen molar-refractivity contribution in [2.75, 3.05) is 0 Å². The molecule has 0 aromatic heterocycles. The van der Waals surface area contributed by atoms with Crippen LogP contribution in [0.2, 0.25) is 0 Å². The van der Waals surface area contributed by atoms with Gasteiger partial charge in [0.2, 0.25) is 11.8 Å². The Morgan fingerprint density at radius 1 is 1.28 bits per heavy atom. The minimum atomic E-state index is -0.379. The summed E-state index contributed by atoms with van der Waals surface area (Å²) in [6, 6.07) is -0.379. The van der Waals surface area contributed by atoms with Gasteiger partial charge in [0.15, 0.2) is 0 Å². The van der Waals surface area contributed by atoms with Crippen LogP contribution in [0.5, 0.6) is 0 Å². The Morgan fingerprint density at radius 3 is 2.11 bits per heavy atom. The molecule has 0 aromatic carbocycles. The highest BCUT2D eigenvalue weighted by Gasteiger charge is 2.54. The molecule has 3 atom stereocenters. The van der Waals surface area contributed by atoms with Gasteiger partial charge < -0.3 is 0 Å². The lowest BCUT2D eigenvalue weighted by atomic mass is 10.00. The first-order valence-electron chi connectivity index (χ1n) is 6.84. The van der Waals surface area contributed by atoms with Gasteiger partial charge in [-0.3, -0.25) is 14.5 Å². The number of nitrogens with zero attached hydrogens (tertiary/aromatic N) is 1. The van der Waals surface area contributed by atoms with Gasteiger partial charge in [0.05, 0.1) is 11.8 Å². The number of hydrogen-bond donors (Lipinski definition) is 0. The Hall–Kier alpha value is -1.30. The monoisotopic (exact) mass is 247 g/mol. The number of hydrogen-bond acceptors (Lipinski definition) is 2. The summed E-state index contributed by atoms with van der Waals surface area (Å²) < 4.78 is 0. The summed E-state index contributed by atoms with van der Waals surface area (Å²) in [5.74, 6) is 2.98. The van der Waals surface area contributed by atoms with Crippen LogP contribution in [-0.4, -0.2) is 22.8 Å². The first-order chi connectivity index (χ1) is 8.51. The van der Waals surface area contributed by atoms with E-state index in [1.54, 1.807) is 0 Å². The van der Waals surface area contributed by atoms with Gasteiger partial charge in [-0.25, -0.2) is 0 Å². The highest BCUT2D eigenvalue weighted by atomic mass is 16.2. The molecule has 1 aliphatic carbocycles. The second-order valence-corrected chi connectivity index (χ2v) is 5.86. The minimum Gasteiger partial charge on any atom is -0.274 e. The Bertz CT molecular complexity index is 383. The van der Waals surface area contributed by atoms with Crippen molar-refractivity contribution in [2.45, 2.75) is 46.1 Å². The van der Waals surface area contributed by atoms with Crippen molar-refractivity contribution < 1.29 is 9.59 Å². The van der Waals surface area contributed by atoms with E-state index in [-0.39, 0.29) is 35.6 Å². The van der Waals surface area contributed by atoms with Gasteiger partial charge in [-0.1, -0.05) is 33.1 Å². The molecule has 3 nitrogen and oxygen atoms in total. The van der Waals surface area contributed by atoms with Crippen molar-refractivity contribution in [3.8, 4) is 12.3 Å². The summed E-state index contributed by atoms with van der Waals surface area (Å²) in [7, 11) is 0. The van der Waals surface area contributed by atoms with E-state index in [0.717, 1.165) is 19.3 Å². The lowest BCUT2D eigenvalue weighted by Crippen LogP contribution is -2.43. The number of fused-ring (bicyclic) bond motifs is 1. The molecule has 2 amide bonds. The average Bonchev–Trinajstić information content (AvgIpc) is 2.85. The lowest BCUT2D eigenvalue weighted by molar-refractivity contribution is -0.142. The first-order valence-corrected chi connectivity index (χ1v) is 6.84. The van der Waals surface area contributed by atoms with Crippen LogP contribution in [-0.2, 0) is 9.59 Å². The third-order valence-electron chi connectivity index (χ3n) is 4.43. The molecule has 2 fully saturated rings. The number of amides is 2. The quantitative estimate of drug-likeness (QED) is 0.565. The molecule has 1 saturated carbocycles. The molecule has 1 heterocycles. The zero-order valence-corrected chi connectivity index (χ0v) is 11.3. The fourth-order valence-corrected chi connectivity index (χ4v) is 3.33. The first kappa shape index (κ1) is 13.1. The second-order valence-electron chi connectivity index (χ2n) is 5.86. The smallest absolute Gasteiger partial charge is 0.234 e. The molecule has 98 valence electrons. The maximum Gasteiger partial charge on any atom is 0.234 e. The fraction of sp³-hybridized carbons (Fsp3) is 0.733. The molecule has 18 heavy (non-hydrogen) atoms. The zero-order valence-electron chi connectivity index (χ0n) is 11.3. The molecule has 3 unspecified atom stereocenters. The third kappa shape index (κ3) is 1.84. The van der Waals surface area contributed by atoms with Crippen molar-refractivity contribution in [2.24, 2.45) is 23.7 Å². The maximum absolute atomic E-state index is 12.4. The summed E-state index contributed by atoms with van der Waals surface area (Å²) in [5, 5.41) is 0. The standard InChI is InChI=1S/C15H21NO2/c1-5-10-7-11-12(8-10)15(18)16(14(11)17)13(6-2)9(3)4/h2,9-13H,5,7-8H2,1,3-4H3. The third-order valence-corrected chi connectivity index (χ3v) is 4.43. The van der Waals surface area contributed by atoms with Crippen LogP contribution in [0.25, 0.3) is 0 Å². The largest absolute Gasteiger partial charge is 0.274 e. The van der Waals surface area contributed by atoms with Gasteiger partial charge in [0.25, 0.3) is 0 Å². The van der Waals surface area contributed by atoms with E-state index in [9.17, 15) is 9.59 Å². The van der Waals surface area contributed by atoms with E-state index in [4.69, 9.17) is 6.42 Å². The van der Waals surface area contributed by atoms with Crippen LogP contribution < -0.4 is 0 Å². The number of terminal acetylenes is 1. The van der Waals surface area contributed by atoms with Gasteiger partial charge in [0, 0.05) is 0 Å². The van der Waals surface area contributed by atoms with E-state index >= 15 is 0 Å². The maximum atomic E-state index is 12.4. The lowest BCUT2D eigenvalue weighted by Gasteiger charge is -2.26. The Kier molecular flexibility index (Phi) is 3.47. The molecule has 3 heteroatoms. The van der Waals surface area contributed by atoms with Crippen molar-refractivity contribution in [1.82, 2.24) is 4.90 Å². The van der Waals surface area contributed by atoms with Gasteiger partial charge in [0.1, 0.15) is 6.04 Å². The summed E-state index contributed by atoms with van der Waals surface area (Å²) >= 11 is 0. The molecule has 0 radical (unpaired) electrons. The van der Waals surface area contributed by atoms with Crippen molar-refractivity contribution in [3.05, 3.63) is 0 Å². The predicted molar refractivity (Wildman–Crippen MR) is 69.3 cm³/mol. The summed E-state index contributed by atoms with van der Waals surface area (Å²) in [5.41, 5.74) is 0.